The summed E-state index contributed by atoms with van der Waals surface area (Å²) < 4.78 is 6.24. The first-order valence-corrected chi connectivity index (χ1v) is 14.7. The Labute approximate surface area is 235 Å². The molecule has 0 aliphatic rings. The standard InChI is InChI=1S/C26H22Br2N6S2/c1-33-23(29-31-25(33)35-15-17-6-10-21(27)11-7-17)19-4-3-5-20(14-19)24-30-32-26(34(24)2)36-16-18-8-12-22(28)13-9-18/h3-14H,15-16H2,1-2H3. The highest BCUT2D eigenvalue weighted by atomic mass is 79.9. The zero-order chi connectivity index (χ0) is 25.1. The van der Waals surface area contributed by atoms with E-state index in [1.54, 1.807) is 23.5 Å². The number of halogens is 2. The maximum absolute atomic E-state index is 4.48. The topological polar surface area (TPSA) is 61.4 Å². The molecule has 0 bridgehead atoms. The van der Waals surface area contributed by atoms with Crippen molar-refractivity contribution in [1.82, 2.24) is 29.5 Å². The van der Waals surface area contributed by atoms with E-state index in [2.05, 4.69) is 119 Å². The van der Waals surface area contributed by atoms with Crippen LogP contribution in [-0.4, -0.2) is 29.5 Å². The van der Waals surface area contributed by atoms with Crippen LogP contribution in [0.5, 0.6) is 0 Å². The smallest absolute Gasteiger partial charge is 0.191 e. The lowest BCUT2D eigenvalue weighted by atomic mass is 10.1. The second-order valence-electron chi connectivity index (χ2n) is 8.14. The molecule has 0 N–H and O–H groups in total. The van der Waals surface area contributed by atoms with E-state index in [1.807, 2.05) is 29.3 Å². The first-order chi connectivity index (χ1) is 17.5. The van der Waals surface area contributed by atoms with Crippen LogP contribution in [0.2, 0.25) is 0 Å². The van der Waals surface area contributed by atoms with Crippen molar-refractivity contribution < 1.29 is 0 Å². The molecule has 0 aliphatic carbocycles. The van der Waals surface area contributed by atoms with E-state index in [4.69, 9.17) is 0 Å². The molecule has 0 saturated heterocycles. The molecule has 0 aliphatic heterocycles. The van der Waals surface area contributed by atoms with Crippen molar-refractivity contribution in [2.45, 2.75) is 21.8 Å². The third-order valence-electron chi connectivity index (χ3n) is 5.61. The highest BCUT2D eigenvalue weighted by molar-refractivity contribution is 9.10. The number of rotatable bonds is 8. The molecule has 0 amide bonds. The summed E-state index contributed by atoms with van der Waals surface area (Å²) in [6, 6.07) is 24.9. The van der Waals surface area contributed by atoms with E-state index in [0.29, 0.717) is 0 Å². The Kier molecular flexibility index (Phi) is 7.95. The van der Waals surface area contributed by atoms with Crippen molar-refractivity contribution in [2.24, 2.45) is 14.1 Å². The minimum Gasteiger partial charge on any atom is -0.305 e. The molecule has 5 rings (SSSR count). The van der Waals surface area contributed by atoms with Gasteiger partial charge in [0.25, 0.3) is 0 Å². The SMILES string of the molecule is Cn1c(SCc2ccc(Br)cc2)nnc1-c1cccc(-c2nnc(SCc3ccc(Br)cc3)n2C)c1. The molecule has 0 radical (unpaired) electrons. The van der Waals surface area contributed by atoms with Gasteiger partial charge in [0.2, 0.25) is 0 Å². The molecule has 0 unspecified atom stereocenters. The Bertz CT molecular complexity index is 1370. The van der Waals surface area contributed by atoms with E-state index in [-0.39, 0.29) is 0 Å². The van der Waals surface area contributed by atoms with Crippen LogP contribution in [0, 0.1) is 0 Å². The molecular formula is C26H22Br2N6S2. The lowest BCUT2D eigenvalue weighted by Gasteiger charge is -2.07. The first kappa shape index (κ1) is 25.3. The highest BCUT2D eigenvalue weighted by Crippen LogP contribution is 2.30. The molecule has 36 heavy (non-hydrogen) atoms. The third kappa shape index (κ3) is 5.77. The number of hydrogen-bond acceptors (Lipinski definition) is 6. The summed E-state index contributed by atoms with van der Waals surface area (Å²) >= 11 is 10.3. The van der Waals surface area contributed by atoms with Gasteiger partial charge < -0.3 is 9.13 Å². The van der Waals surface area contributed by atoms with E-state index >= 15 is 0 Å². The quantitative estimate of drug-likeness (QED) is 0.165. The van der Waals surface area contributed by atoms with E-state index in [1.165, 1.54) is 11.1 Å². The second-order valence-corrected chi connectivity index (χ2v) is 11.9. The molecule has 0 fully saturated rings. The Hall–Kier alpha value is -2.40. The summed E-state index contributed by atoms with van der Waals surface area (Å²) in [5.74, 6) is 3.31. The van der Waals surface area contributed by atoms with Gasteiger partial charge in [-0.1, -0.05) is 97.8 Å². The van der Waals surface area contributed by atoms with Gasteiger partial charge in [-0.3, -0.25) is 0 Å². The molecule has 0 saturated carbocycles. The molecule has 5 aromatic rings. The maximum atomic E-state index is 4.48. The molecule has 10 heteroatoms. The number of nitrogens with zero attached hydrogens (tertiary/aromatic N) is 6. The summed E-state index contributed by atoms with van der Waals surface area (Å²) in [4.78, 5) is 0. The van der Waals surface area contributed by atoms with Gasteiger partial charge in [-0.25, -0.2) is 0 Å². The summed E-state index contributed by atoms with van der Waals surface area (Å²) in [6.45, 7) is 0. The van der Waals surface area contributed by atoms with Crippen LogP contribution < -0.4 is 0 Å². The van der Waals surface area contributed by atoms with E-state index < -0.39 is 0 Å². The van der Waals surface area contributed by atoms with Crippen molar-refractivity contribution in [2.75, 3.05) is 0 Å². The minimum atomic E-state index is 0.821. The van der Waals surface area contributed by atoms with Crippen LogP contribution in [0.25, 0.3) is 22.8 Å². The predicted octanol–water partition coefficient (Wildman–Crippen LogP) is 7.39. The summed E-state index contributed by atoms with van der Waals surface area (Å²) in [7, 11) is 4.01. The number of hydrogen-bond donors (Lipinski definition) is 0. The van der Waals surface area contributed by atoms with Crippen molar-refractivity contribution in [1.29, 1.82) is 0 Å². The predicted molar refractivity (Wildman–Crippen MR) is 154 cm³/mol. The number of aromatic nitrogens is 6. The lowest BCUT2D eigenvalue weighted by molar-refractivity contribution is 0.792. The first-order valence-electron chi connectivity index (χ1n) is 11.1. The van der Waals surface area contributed by atoms with Crippen LogP contribution in [0.4, 0.5) is 0 Å². The van der Waals surface area contributed by atoms with Crippen molar-refractivity contribution >= 4 is 55.4 Å². The van der Waals surface area contributed by atoms with Gasteiger partial charge >= 0.3 is 0 Å². The normalized spacial score (nSPS) is 11.2. The summed E-state index contributed by atoms with van der Waals surface area (Å²) in [5, 5.41) is 19.6. The molecule has 0 atom stereocenters. The van der Waals surface area contributed by atoms with Crippen molar-refractivity contribution in [3.05, 3.63) is 92.9 Å². The molecular weight excluding hydrogens is 620 g/mol. The van der Waals surface area contributed by atoms with Crippen LogP contribution >= 0.6 is 55.4 Å². The highest BCUT2D eigenvalue weighted by Gasteiger charge is 2.15. The monoisotopic (exact) mass is 640 g/mol. The van der Waals surface area contributed by atoms with Crippen LogP contribution in [-0.2, 0) is 25.6 Å². The number of benzene rings is 3. The Morgan fingerprint density at radius 1 is 0.611 bits per heavy atom. The lowest BCUT2D eigenvalue weighted by Crippen LogP contribution is -1.97. The molecule has 3 aromatic carbocycles. The second kappa shape index (κ2) is 11.3. The van der Waals surface area contributed by atoms with Gasteiger partial charge in [0.15, 0.2) is 22.0 Å². The van der Waals surface area contributed by atoms with Crippen LogP contribution in [0.1, 0.15) is 11.1 Å². The maximum Gasteiger partial charge on any atom is 0.191 e. The van der Waals surface area contributed by atoms with Gasteiger partial charge in [0.05, 0.1) is 0 Å². The van der Waals surface area contributed by atoms with Gasteiger partial charge in [-0.05, 0) is 41.5 Å². The van der Waals surface area contributed by atoms with Crippen molar-refractivity contribution in [3.8, 4) is 22.8 Å². The fourth-order valence-corrected chi connectivity index (χ4v) is 5.90. The molecule has 2 heterocycles. The fraction of sp³-hybridized carbons (Fsp3) is 0.154. The minimum absolute atomic E-state index is 0.821. The number of thioether (sulfide) groups is 2. The largest absolute Gasteiger partial charge is 0.305 e. The van der Waals surface area contributed by atoms with Crippen molar-refractivity contribution in [3.63, 3.8) is 0 Å². The van der Waals surface area contributed by atoms with Gasteiger partial charge in [-0.2, -0.15) is 0 Å². The summed E-state index contributed by atoms with van der Waals surface area (Å²) in [6.07, 6.45) is 0. The van der Waals surface area contributed by atoms with E-state index in [0.717, 1.165) is 53.5 Å². The zero-order valence-corrected chi connectivity index (χ0v) is 24.4. The molecule has 182 valence electrons. The van der Waals surface area contributed by atoms with Gasteiger partial charge in [0.1, 0.15) is 0 Å². The molecule has 0 spiro atoms. The summed E-state index contributed by atoms with van der Waals surface area (Å²) in [5.41, 5.74) is 4.46. The average Bonchev–Trinajstić information content (AvgIpc) is 3.45. The van der Waals surface area contributed by atoms with E-state index in [9.17, 15) is 0 Å². The Morgan fingerprint density at radius 3 is 1.44 bits per heavy atom. The Balaban J connectivity index is 1.31. The fourth-order valence-electron chi connectivity index (χ4n) is 3.64. The zero-order valence-electron chi connectivity index (χ0n) is 19.6. The molecule has 2 aromatic heterocycles. The van der Waals surface area contributed by atoms with Crippen LogP contribution in [0.3, 0.4) is 0 Å². The third-order valence-corrected chi connectivity index (χ3v) is 8.85. The Morgan fingerprint density at radius 2 is 1.03 bits per heavy atom. The van der Waals surface area contributed by atoms with Crippen LogP contribution in [0.15, 0.2) is 92.1 Å². The molecule has 6 nitrogen and oxygen atoms in total. The average molecular weight is 642 g/mol. The van der Waals surface area contributed by atoms with Gasteiger partial charge in [0, 0.05) is 45.7 Å². The van der Waals surface area contributed by atoms with Gasteiger partial charge in [-0.15, -0.1) is 20.4 Å².